The summed E-state index contributed by atoms with van der Waals surface area (Å²) in [6.45, 7) is 1.93. The SMILES string of the molecule is COc1ccccc1Cc1nc2cccnc2n1-c1ccc(C)o1. The van der Waals surface area contributed by atoms with Crippen LogP contribution in [0, 0.1) is 6.92 Å². The molecule has 5 heteroatoms. The second kappa shape index (κ2) is 5.85. The Bertz CT molecular complexity index is 1000. The number of fused-ring (bicyclic) bond motifs is 1. The molecule has 0 radical (unpaired) electrons. The van der Waals surface area contributed by atoms with Crippen molar-refractivity contribution in [3.63, 3.8) is 0 Å². The Labute approximate surface area is 139 Å². The highest BCUT2D eigenvalue weighted by Crippen LogP contribution is 2.26. The lowest BCUT2D eigenvalue weighted by molar-refractivity contribution is 0.410. The highest BCUT2D eigenvalue weighted by atomic mass is 16.5. The number of aryl methyl sites for hydroxylation is 1. The number of hydrogen-bond acceptors (Lipinski definition) is 4. The minimum atomic E-state index is 0.625. The van der Waals surface area contributed by atoms with Crippen molar-refractivity contribution in [2.45, 2.75) is 13.3 Å². The van der Waals surface area contributed by atoms with E-state index in [1.54, 1.807) is 13.3 Å². The van der Waals surface area contributed by atoms with Crippen molar-refractivity contribution in [2.75, 3.05) is 7.11 Å². The van der Waals surface area contributed by atoms with Crippen LogP contribution in [0.5, 0.6) is 5.75 Å². The smallest absolute Gasteiger partial charge is 0.206 e. The highest BCUT2D eigenvalue weighted by molar-refractivity contribution is 5.73. The molecule has 4 aromatic rings. The lowest BCUT2D eigenvalue weighted by atomic mass is 10.1. The van der Waals surface area contributed by atoms with E-state index in [4.69, 9.17) is 14.1 Å². The van der Waals surface area contributed by atoms with Crippen LogP contribution in [-0.2, 0) is 6.42 Å². The van der Waals surface area contributed by atoms with Crippen LogP contribution in [0.3, 0.4) is 0 Å². The number of rotatable bonds is 4. The van der Waals surface area contributed by atoms with E-state index in [0.29, 0.717) is 6.42 Å². The summed E-state index contributed by atoms with van der Waals surface area (Å²) >= 11 is 0. The average Bonchev–Trinajstić information content (AvgIpc) is 3.18. The number of imidazole rings is 1. The van der Waals surface area contributed by atoms with E-state index in [-0.39, 0.29) is 0 Å². The minimum absolute atomic E-state index is 0.625. The first-order valence-electron chi connectivity index (χ1n) is 7.77. The van der Waals surface area contributed by atoms with Gasteiger partial charge >= 0.3 is 0 Å². The molecule has 1 aromatic carbocycles. The zero-order valence-corrected chi connectivity index (χ0v) is 13.6. The van der Waals surface area contributed by atoms with Crippen LogP contribution < -0.4 is 4.74 Å². The van der Waals surface area contributed by atoms with Gasteiger partial charge in [0.15, 0.2) is 5.65 Å². The van der Waals surface area contributed by atoms with Gasteiger partial charge in [-0.15, -0.1) is 0 Å². The van der Waals surface area contributed by atoms with Gasteiger partial charge in [-0.05, 0) is 31.2 Å². The topological polar surface area (TPSA) is 53.1 Å². The van der Waals surface area contributed by atoms with Crippen LogP contribution >= 0.6 is 0 Å². The molecule has 0 aliphatic rings. The zero-order valence-electron chi connectivity index (χ0n) is 13.6. The molecule has 0 N–H and O–H groups in total. The lowest BCUT2D eigenvalue weighted by Crippen LogP contribution is -2.03. The highest BCUT2D eigenvalue weighted by Gasteiger charge is 2.17. The molecule has 120 valence electrons. The van der Waals surface area contributed by atoms with Gasteiger partial charge in [-0.2, -0.15) is 0 Å². The lowest BCUT2D eigenvalue weighted by Gasteiger charge is -2.09. The fourth-order valence-electron chi connectivity index (χ4n) is 2.87. The molecule has 3 heterocycles. The molecular weight excluding hydrogens is 302 g/mol. The number of ether oxygens (including phenoxy) is 1. The van der Waals surface area contributed by atoms with Crippen molar-refractivity contribution in [3.05, 3.63) is 71.9 Å². The van der Waals surface area contributed by atoms with Crippen molar-refractivity contribution >= 4 is 11.2 Å². The third-order valence-corrected chi connectivity index (χ3v) is 3.97. The van der Waals surface area contributed by atoms with Crippen LogP contribution in [0.2, 0.25) is 0 Å². The average molecular weight is 319 g/mol. The van der Waals surface area contributed by atoms with Gasteiger partial charge in [-0.1, -0.05) is 18.2 Å². The number of furan rings is 1. The molecule has 3 aromatic heterocycles. The van der Waals surface area contributed by atoms with E-state index in [0.717, 1.165) is 39.9 Å². The zero-order chi connectivity index (χ0) is 16.5. The summed E-state index contributed by atoms with van der Waals surface area (Å²) in [5, 5.41) is 0. The fourth-order valence-corrected chi connectivity index (χ4v) is 2.87. The Hall–Kier alpha value is -3.08. The number of pyridine rings is 1. The summed E-state index contributed by atoms with van der Waals surface area (Å²) < 4.78 is 13.3. The van der Waals surface area contributed by atoms with Gasteiger partial charge in [0.05, 0.1) is 7.11 Å². The maximum absolute atomic E-state index is 5.82. The molecule has 0 atom stereocenters. The van der Waals surface area contributed by atoms with E-state index in [9.17, 15) is 0 Å². The van der Waals surface area contributed by atoms with Crippen molar-refractivity contribution in [1.82, 2.24) is 14.5 Å². The molecule has 0 amide bonds. The van der Waals surface area contributed by atoms with E-state index >= 15 is 0 Å². The number of nitrogens with zero attached hydrogens (tertiary/aromatic N) is 3. The first kappa shape index (κ1) is 14.5. The normalized spacial score (nSPS) is 11.1. The monoisotopic (exact) mass is 319 g/mol. The Morgan fingerprint density at radius 2 is 1.96 bits per heavy atom. The quantitative estimate of drug-likeness (QED) is 0.572. The van der Waals surface area contributed by atoms with Gasteiger partial charge in [-0.25, -0.2) is 14.5 Å². The molecule has 0 bridgehead atoms. The second-order valence-electron chi connectivity index (χ2n) is 5.58. The summed E-state index contributed by atoms with van der Waals surface area (Å²) in [6.07, 6.45) is 2.39. The molecule has 0 saturated carbocycles. The fraction of sp³-hybridized carbons (Fsp3) is 0.158. The molecule has 5 nitrogen and oxygen atoms in total. The number of benzene rings is 1. The Kier molecular flexibility index (Phi) is 3.54. The Morgan fingerprint density at radius 3 is 2.75 bits per heavy atom. The molecule has 0 aliphatic heterocycles. The summed E-state index contributed by atoms with van der Waals surface area (Å²) in [5.74, 6) is 3.28. The Balaban J connectivity index is 1.89. The van der Waals surface area contributed by atoms with Crippen LogP contribution in [-0.4, -0.2) is 21.6 Å². The van der Waals surface area contributed by atoms with Gasteiger partial charge in [0.2, 0.25) is 5.88 Å². The standard InChI is InChI=1S/C19H17N3O2/c1-13-9-10-18(24-13)22-17(21-15-7-5-11-20-19(15)22)12-14-6-3-4-8-16(14)23-2/h3-11H,12H2,1-2H3. The summed E-state index contributed by atoms with van der Waals surface area (Å²) in [5.41, 5.74) is 2.70. The van der Waals surface area contributed by atoms with Crippen LogP contribution in [0.15, 0.2) is 59.1 Å². The second-order valence-corrected chi connectivity index (χ2v) is 5.58. The van der Waals surface area contributed by atoms with Gasteiger partial charge in [0, 0.05) is 24.2 Å². The summed E-state index contributed by atoms with van der Waals surface area (Å²) in [7, 11) is 1.68. The molecule has 24 heavy (non-hydrogen) atoms. The predicted octanol–water partition coefficient (Wildman–Crippen LogP) is 3.92. The van der Waals surface area contributed by atoms with Crippen LogP contribution in [0.1, 0.15) is 17.1 Å². The maximum Gasteiger partial charge on any atom is 0.206 e. The van der Waals surface area contributed by atoms with Gasteiger partial charge in [0.25, 0.3) is 0 Å². The molecule has 4 rings (SSSR count). The molecule has 0 unspecified atom stereocenters. The molecule has 0 spiro atoms. The summed E-state index contributed by atoms with van der Waals surface area (Å²) in [4.78, 5) is 9.23. The van der Waals surface area contributed by atoms with Crippen molar-refractivity contribution in [1.29, 1.82) is 0 Å². The predicted molar refractivity (Wildman–Crippen MR) is 91.7 cm³/mol. The van der Waals surface area contributed by atoms with Crippen LogP contribution in [0.25, 0.3) is 17.0 Å². The van der Waals surface area contributed by atoms with Crippen molar-refractivity contribution < 1.29 is 9.15 Å². The van der Waals surface area contributed by atoms with E-state index in [1.165, 1.54) is 0 Å². The van der Waals surface area contributed by atoms with Gasteiger partial charge in [-0.3, -0.25) is 0 Å². The molecule has 0 saturated heterocycles. The number of methoxy groups -OCH3 is 1. The molecular formula is C19H17N3O2. The summed E-state index contributed by atoms with van der Waals surface area (Å²) in [6, 6.07) is 15.7. The number of aromatic nitrogens is 3. The van der Waals surface area contributed by atoms with E-state index in [2.05, 4.69) is 4.98 Å². The van der Waals surface area contributed by atoms with Crippen LogP contribution in [0.4, 0.5) is 0 Å². The number of hydrogen-bond donors (Lipinski definition) is 0. The van der Waals surface area contributed by atoms with Crippen molar-refractivity contribution in [3.8, 4) is 11.6 Å². The largest absolute Gasteiger partial charge is 0.496 e. The maximum atomic E-state index is 5.82. The van der Waals surface area contributed by atoms with Gasteiger partial charge < -0.3 is 9.15 Å². The first-order chi connectivity index (χ1) is 11.8. The number of para-hydroxylation sites is 1. The molecule has 0 aliphatic carbocycles. The van der Waals surface area contributed by atoms with E-state index < -0.39 is 0 Å². The van der Waals surface area contributed by atoms with E-state index in [1.807, 2.05) is 60.0 Å². The Morgan fingerprint density at radius 1 is 1.08 bits per heavy atom. The van der Waals surface area contributed by atoms with Crippen molar-refractivity contribution in [2.24, 2.45) is 0 Å². The molecule has 0 fully saturated rings. The first-order valence-corrected chi connectivity index (χ1v) is 7.77. The van der Waals surface area contributed by atoms with Gasteiger partial charge in [0.1, 0.15) is 22.9 Å². The minimum Gasteiger partial charge on any atom is -0.496 e. The third kappa shape index (κ3) is 2.44. The third-order valence-electron chi connectivity index (χ3n) is 3.97.